The molecule has 0 fully saturated rings. The van der Waals surface area contributed by atoms with Crippen molar-refractivity contribution in [3.8, 4) is 11.8 Å². The molecule has 1 aromatic carbocycles. The van der Waals surface area contributed by atoms with Crippen LogP contribution in [0.5, 0.6) is 5.75 Å². The highest BCUT2D eigenvalue weighted by Crippen LogP contribution is 2.13. The van der Waals surface area contributed by atoms with Gasteiger partial charge in [0.1, 0.15) is 17.3 Å². The zero-order valence-corrected chi connectivity index (χ0v) is 12.5. The second-order valence-corrected chi connectivity index (χ2v) is 5.09. The molecule has 0 spiro atoms. The molecule has 2 rings (SSSR count). The van der Waals surface area contributed by atoms with E-state index in [2.05, 4.69) is 18.0 Å². The summed E-state index contributed by atoms with van der Waals surface area (Å²) in [5.41, 5.74) is 0.623. The zero-order chi connectivity index (χ0) is 15.1. The number of hydrogen-bond donors (Lipinski definition) is 0. The van der Waals surface area contributed by atoms with Gasteiger partial charge in [0, 0.05) is 6.54 Å². The van der Waals surface area contributed by atoms with Crippen LogP contribution in [0.1, 0.15) is 23.5 Å². The molecule has 110 valence electrons. The topological polar surface area (TPSA) is 49.4 Å². The van der Waals surface area contributed by atoms with Gasteiger partial charge in [-0.25, -0.2) is 0 Å². The molecule has 0 atom stereocenters. The Morgan fingerprint density at radius 1 is 1.29 bits per heavy atom. The summed E-state index contributed by atoms with van der Waals surface area (Å²) in [5.74, 6) is 2.68. The van der Waals surface area contributed by atoms with E-state index in [0.29, 0.717) is 12.2 Å². The maximum atomic E-state index is 8.83. The van der Waals surface area contributed by atoms with Crippen molar-refractivity contribution in [2.75, 3.05) is 20.2 Å². The van der Waals surface area contributed by atoms with Crippen LogP contribution in [0.2, 0.25) is 0 Å². The number of nitrogens with zero attached hydrogens (tertiary/aromatic N) is 2. The van der Waals surface area contributed by atoms with Gasteiger partial charge < -0.3 is 9.15 Å². The largest absolute Gasteiger partial charge is 0.494 e. The molecule has 0 N–H and O–H groups in total. The van der Waals surface area contributed by atoms with Crippen LogP contribution in [0.25, 0.3) is 0 Å². The van der Waals surface area contributed by atoms with Gasteiger partial charge in [0.05, 0.1) is 24.8 Å². The van der Waals surface area contributed by atoms with E-state index in [0.717, 1.165) is 36.8 Å². The van der Waals surface area contributed by atoms with E-state index in [1.54, 1.807) is 12.1 Å². The van der Waals surface area contributed by atoms with E-state index in [9.17, 15) is 0 Å². The van der Waals surface area contributed by atoms with Crippen molar-refractivity contribution in [2.45, 2.75) is 19.9 Å². The summed E-state index contributed by atoms with van der Waals surface area (Å²) in [4.78, 5) is 2.20. The van der Waals surface area contributed by atoms with E-state index in [1.807, 2.05) is 31.2 Å². The molecule has 0 unspecified atom stereocenters. The van der Waals surface area contributed by atoms with Gasteiger partial charge in [-0.05, 0) is 50.7 Å². The second-order valence-electron chi connectivity index (χ2n) is 5.09. The molecule has 4 nitrogen and oxygen atoms in total. The molecule has 0 bridgehead atoms. The Morgan fingerprint density at radius 3 is 2.86 bits per heavy atom. The Hall–Kier alpha value is -2.25. The van der Waals surface area contributed by atoms with Crippen molar-refractivity contribution < 1.29 is 9.15 Å². The first-order chi connectivity index (χ1) is 10.2. The van der Waals surface area contributed by atoms with Crippen LogP contribution >= 0.6 is 0 Å². The van der Waals surface area contributed by atoms with E-state index in [-0.39, 0.29) is 0 Å². The normalized spacial score (nSPS) is 10.6. The lowest BCUT2D eigenvalue weighted by molar-refractivity contribution is 0.246. The highest BCUT2D eigenvalue weighted by atomic mass is 16.5. The highest BCUT2D eigenvalue weighted by Gasteiger charge is 2.04. The maximum absolute atomic E-state index is 8.83. The summed E-state index contributed by atoms with van der Waals surface area (Å²) in [5, 5.41) is 8.83. The van der Waals surface area contributed by atoms with Crippen molar-refractivity contribution in [2.24, 2.45) is 0 Å². The molecule has 21 heavy (non-hydrogen) atoms. The number of rotatable bonds is 7. The molecule has 4 heteroatoms. The van der Waals surface area contributed by atoms with Gasteiger partial charge in [-0.1, -0.05) is 6.07 Å². The van der Waals surface area contributed by atoms with Crippen LogP contribution in [-0.4, -0.2) is 25.1 Å². The Labute approximate surface area is 125 Å². The number of aryl methyl sites for hydroxylation is 1. The number of hydrogen-bond acceptors (Lipinski definition) is 4. The molecular weight excluding hydrogens is 264 g/mol. The van der Waals surface area contributed by atoms with E-state index >= 15 is 0 Å². The number of ether oxygens (including phenoxy) is 1. The summed E-state index contributed by atoms with van der Waals surface area (Å²) < 4.78 is 11.2. The summed E-state index contributed by atoms with van der Waals surface area (Å²) >= 11 is 0. The van der Waals surface area contributed by atoms with Crippen LogP contribution in [-0.2, 0) is 6.54 Å². The first-order valence-electron chi connectivity index (χ1n) is 7.04. The smallest absolute Gasteiger partial charge is 0.120 e. The third-order valence-electron chi connectivity index (χ3n) is 3.14. The van der Waals surface area contributed by atoms with Crippen LogP contribution in [0.15, 0.2) is 40.8 Å². The molecular formula is C17H20N2O2. The van der Waals surface area contributed by atoms with Crippen LogP contribution in [0, 0.1) is 18.3 Å². The molecule has 1 aromatic heterocycles. The molecule has 0 saturated carbocycles. The molecule has 0 radical (unpaired) electrons. The minimum absolute atomic E-state index is 0.623. The molecule has 0 aliphatic heterocycles. The molecule has 2 aromatic rings. The van der Waals surface area contributed by atoms with Crippen LogP contribution in [0.4, 0.5) is 0 Å². The lowest BCUT2D eigenvalue weighted by Gasteiger charge is -2.15. The summed E-state index contributed by atoms with van der Waals surface area (Å²) in [6.07, 6.45) is 0.924. The van der Waals surface area contributed by atoms with E-state index < -0.39 is 0 Å². The number of nitriles is 1. The Morgan fingerprint density at radius 2 is 2.14 bits per heavy atom. The van der Waals surface area contributed by atoms with Gasteiger partial charge in [-0.3, -0.25) is 4.90 Å². The molecule has 1 heterocycles. The molecule has 0 aliphatic rings. The third kappa shape index (κ3) is 4.97. The van der Waals surface area contributed by atoms with Crippen molar-refractivity contribution >= 4 is 0 Å². The average molecular weight is 284 g/mol. The molecule has 0 aliphatic carbocycles. The Kier molecular flexibility index (Phi) is 5.42. The van der Waals surface area contributed by atoms with Gasteiger partial charge in [0.2, 0.25) is 0 Å². The fourth-order valence-corrected chi connectivity index (χ4v) is 2.10. The van der Waals surface area contributed by atoms with Crippen molar-refractivity contribution in [1.29, 1.82) is 5.26 Å². The van der Waals surface area contributed by atoms with E-state index in [1.165, 1.54) is 0 Å². The standard InChI is InChI=1S/C17H20N2O2/c1-14-7-8-17(21-14)13-19(2)9-4-10-20-16-6-3-5-15(11-16)12-18/h3,5-8,11H,4,9-10,13H2,1-2H3. The Bertz CT molecular complexity index is 613. The predicted octanol–water partition coefficient (Wildman–Crippen LogP) is 3.36. The highest BCUT2D eigenvalue weighted by molar-refractivity contribution is 5.36. The van der Waals surface area contributed by atoms with Crippen molar-refractivity contribution in [1.82, 2.24) is 4.90 Å². The fraction of sp³-hybridized carbons (Fsp3) is 0.353. The van der Waals surface area contributed by atoms with E-state index in [4.69, 9.17) is 14.4 Å². The van der Waals surface area contributed by atoms with Crippen LogP contribution in [0.3, 0.4) is 0 Å². The van der Waals surface area contributed by atoms with Crippen molar-refractivity contribution in [3.05, 3.63) is 53.5 Å². The summed E-state index contributed by atoms with van der Waals surface area (Å²) in [6, 6.07) is 13.3. The third-order valence-corrected chi connectivity index (χ3v) is 3.14. The van der Waals surface area contributed by atoms with Gasteiger partial charge in [0.15, 0.2) is 0 Å². The number of furan rings is 1. The average Bonchev–Trinajstić information content (AvgIpc) is 2.89. The zero-order valence-electron chi connectivity index (χ0n) is 12.5. The quantitative estimate of drug-likeness (QED) is 0.731. The minimum atomic E-state index is 0.623. The van der Waals surface area contributed by atoms with Gasteiger partial charge in [-0.2, -0.15) is 5.26 Å². The summed E-state index contributed by atoms with van der Waals surface area (Å²) in [6.45, 7) is 4.32. The minimum Gasteiger partial charge on any atom is -0.494 e. The van der Waals surface area contributed by atoms with Crippen LogP contribution < -0.4 is 4.74 Å². The Balaban J connectivity index is 1.68. The number of benzene rings is 1. The SMILES string of the molecule is Cc1ccc(CN(C)CCCOc2cccc(C#N)c2)o1. The summed E-state index contributed by atoms with van der Waals surface area (Å²) in [7, 11) is 2.06. The van der Waals surface area contributed by atoms with Gasteiger partial charge >= 0.3 is 0 Å². The lowest BCUT2D eigenvalue weighted by atomic mass is 10.2. The monoisotopic (exact) mass is 284 g/mol. The maximum Gasteiger partial charge on any atom is 0.120 e. The fourth-order valence-electron chi connectivity index (χ4n) is 2.10. The van der Waals surface area contributed by atoms with Gasteiger partial charge in [-0.15, -0.1) is 0 Å². The molecule has 0 amide bonds. The predicted molar refractivity (Wildman–Crippen MR) is 81.0 cm³/mol. The first-order valence-corrected chi connectivity index (χ1v) is 7.04. The molecule has 0 saturated heterocycles. The lowest BCUT2D eigenvalue weighted by Crippen LogP contribution is -2.20. The second kappa shape index (κ2) is 7.51. The first kappa shape index (κ1) is 15.1. The van der Waals surface area contributed by atoms with Gasteiger partial charge in [0.25, 0.3) is 0 Å². The van der Waals surface area contributed by atoms with Crippen molar-refractivity contribution in [3.63, 3.8) is 0 Å².